The van der Waals surface area contributed by atoms with Gasteiger partial charge < -0.3 is 10.5 Å². The molecule has 0 aliphatic carbocycles. The van der Waals surface area contributed by atoms with Crippen LogP contribution in [0.4, 0.5) is 0 Å². The zero-order valence-corrected chi connectivity index (χ0v) is 10.7. The molecule has 1 unspecified atom stereocenters. The molecule has 1 atom stereocenters. The third-order valence-corrected chi connectivity index (χ3v) is 3.45. The molecule has 1 aliphatic rings. The zero-order valence-electron chi connectivity index (χ0n) is 9.94. The predicted molar refractivity (Wildman–Crippen MR) is 70.5 cm³/mol. The maximum atomic E-state index is 5.81. The highest BCUT2D eigenvalue weighted by Crippen LogP contribution is 2.17. The highest BCUT2D eigenvalue weighted by molar-refractivity contribution is 6.30. The van der Waals surface area contributed by atoms with Crippen LogP contribution in [0.1, 0.15) is 6.42 Å². The molecule has 0 radical (unpaired) electrons. The molecule has 1 aromatic rings. The predicted octanol–water partition coefficient (Wildman–Crippen LogP) is 2.00. The number of hydrogen-bond donors (Lipinski definition) is 1. The topological polar surface area (TPSA) is 38.5 Å². The number of hydrogen-bond acceptors (Lipinski definition) is 3. The lowest BCUT2D eigenvalue weighted by molar-refractivity contribution is 0.233. The largest absolute Gasteiger partial charge is 0.492 e. The molecular weight excluding hydrogens is 236 g/mol. The Morgan fingerprint density at radius 2 is 2.12 bits per heavy atom. The highest BCUT2D eigenvalue weighted by atomic mass is 35.5. The molecule has 0 spiro atoms. The van der Waals surface area contributed by atoms with Crippen molar-refractivity contribution in [3.8, 4) is 5.75 Å². The van der Waals surface area contributed by atoms with Gasteiger partial charge in [0.2, 0.25) is 0 Å². The van der Waals surface area contributed by atoms with Crippen molar-refractivity contribution in [3.63, 3.8) is 0 Å². The Morgan fingerprint density at radius 1 is 1.35 bits per heavy atom. The first-order valence-electron chi connectivity index (χ1n) is 6.08. The second-order valence-electron chi connectivity index (χ2n) is 4.49. The van der Waals surface area contributed by atoms with Crippen LogP contribution >= 0.6 is 11.6 Å². The molecule has 1 saturated heterocycles. The molecule has 17 heavy (non-hydrogen) atoms. The Labute approximate surface area is 107 Å². The van der Waals surface area contributed by atoms with Crippen LogP contribution in [0.2, 0.25) is 5.02 Å². The summed E-state index contributed by atoms with van der Waals surface area (Å²) in [4.78, 5) is 2.41. The smallest absolute Gasteiger partial charge is 0.119 e. The molecule has 1 heterocycles. The maximum Gasteiger partial charge on any atom is 0.119 e. The number of benzene rings is 1. The van der Waals surface area contributed by atoms with Gasteiger partial charge in [-0.15, -0.1) is 0 Å². The average Bonchev–Trinajstić information content (AvgIpc) is 2.80. The summed E-state index contributed by atoms with van der Waals surface area (Å²) < 4.78 is 5.66. The van der Waals surface area contributed by atoms with Crippen LogP contribution in [-0.2, 0) is 0 Å². The van der Waals surface area contributed by atoms with Gasteiger partial charge in [0.05, 0.1) is 0 Å². The van der Waals surface area contributed by atoms with E-state index in [2.05, 4.69) is 4.90 Å². The van der Waals surface area contributed by atoms with Crippen molar-refractivity contribution in [2.45, 2.75) is 6.42 Å². The zero-order chi connectivity index (χ0) is 12.1. The van der Waals surface area contributed by atoms with Crippen LogP contribution < -0.4 is 10.5 Å². The Kier molecular flexibility index (Phi) is 4.66. The van der Waals surface area contributed by atoms with E-state index in [-0.39, 0.29) is 0 Å². The van der Waals surface area contributed by atoms with Crippen LogP contribution in [0.25, 0.3) is 0 Å². The Balaban J connectivity index is 1.68. The van der Waals surface area contributed by atoms with Crippen molar-refractivity contribution in [2.75, 3.05) is 32.8 Å². The summed E-state index contributed by atoms with van der Waals surface area (Å²) in [5, 5.41) is 0.739. The molecular formula is C13H19ClN2O. The van der Waals surface area contributed by atoms with E-state index in [9.17, 15) is 0 Å². The Bertz CT molecular complexity index is 342. The van der Waals surface area contributed by atoms with Crippen molar-refractivity contribution in [1.82, 2.24) is 4.90 Å². The second-order valence-corrected chi connectivity index (χ2v) is 4.93. The molecule has 4 heteroatoms. The first-order valence-corrected chi connectivity index (χ1v) is 6.46. The SMILES string of the molecule is NCC1CCN(CCOc2ccc(Cl)cc2)C1. The van der Waals surface area contributed by atoms with Gasteiger partial charge in [0.25, 0.3) is 0 Å². The summed E-state index contributed by atoms with van der Waals surface area (Å²) in [5.41, 5.74) is 5.66. The lowest BCUT2D eigenvalue weighted by Gasteiger charge is -2.16. The van der Waals surface area contributed by atoms with Gasteiger partial charge in [0.15, 0.2) is 0 Å². The average molecular weight is 255 g/mol. The quantitative estimate of drug-likeness (QED) is 0.874. The number of halogens is 1. The monoisotopic (exact) mass is 254 g/mol. The highest BCUT2D eigenvalue weighted by Gasteiger charge is 2.20. The van der Waals surface area contributed by atoms with E-state index < -0.39 is 0 Å². The van der Waals surface area contributed by atoms with Crippen molar-refractivity contribution < 1.29 is 4.74 Å². The summed E-state index contributed by atoms with van der Waals surface area (Å²) in [5.74, 6) is 1.55. The van der Waals surface area contributed by atoms with E-state index in [0.717, 1.165) is 43.6 Å². The van der Waals surface area contributed by atoms with Gasteiger partial charge in [-0.3, -0.25) is 4.90 Å². The fraction of sp³-hybridized carbons (Fsp3) is 0.538. The van der Waals surface area contributed by atoms with Gasteiger partial charge in [-0.1, -0.05) is 11.6 Å². The number of likely N-dealkylation sites (tertiary alicyclic amines) is 1. The van der Waals surface area contributed by atoms with Crippen LogP contribution in [-0.4, -0.2) is 37.7 Å². The van der Waals surface area contributed by atoms with E-state index in [4.69, 9.17) is 22.1 Å². The molecule has 3 nitrogen and oxygen atoms in total. The van der Waals surface area contributed by atoms with Gasteiger partial charge in [0, 0.05) is 18.1 Å². The first-order chi connectivity index (χ1) is 8.28. The normalized spacial score (nSPS) is 20.7. The minimum Gasteiger partial charge on any atom is -0.492 e. The van der Waals surface area contributed by atoms with Gasteiger partial charge in [0.1, 0.15) is 12.4 Å². The molecule has 94 valence electrons. The molecule has 2 N–H and O–H groups in total. The number of nitrogens with two attached hydrogens (primary N) is 1. The van der Waals surface area contributed by atoms with E-state index in [1.54, 1.807) is 0 Å². The molecule has 0 aromatic heterocycles. The minimum absolute atomic E-state index is 0.672. The fourth-order valence-electron chi connectivity index (χ4n) is 2.13. The van der Waals surface area contributed by atoms with Gasteiger partial charge >= 0.3 is 0 Å². The molecule has 2 rings (SSSR count). The Morgan fingerprint density at radius 3 is 2.76 bits per heavy atom. The van der Waals surface area contributed by atoms with Crippen LogP contribution in [0.5, 0.6) is 5.75 Å². The van der Waals surface area contributed by atoms with Crippen molar-refractivity contribution in [2.24, 2.45) is 11.7 Å². The van der Waals surface area contributed by atoms with E-state index in [1.807, 2.05) is 24.3 Å². The lowest BCUT2D eigenvalue weighted by Crippen LogP contribution is -2.27. The summed E-state index contributed by atoms with van der Waals surface area (Å²) >= 11 is 5.81. The van der Waals surface area contributed by atoms with E-state index in [1.165, 1.54) is 6.42 Å². The molecule has 1 aromatic carbocycles. The van der Waals surface area contributed by atoms with Gasteiger partial charge in [-0.05, 0) is 49.7 Å². The molecule has 1 fully saturated rings. The third-order valence-electron chi connectivity index (χ3n) is 3.19. The molecule has 1 aliphatic heterocycles. The van der Waals surface area contributed by atoms with Crippen LogP contribution in [0, 0.1) is 5.92 Å². The summed E-state index contributed by atoms with van der Waals surface area (Å²) in [6.07, 6.45) is 1.22. The molecule has 0 saturated carbocycles. The second kappa shape index (κ2) is 6.24. The molecule has 0 bridgehead atoms. The fourth-order valence-corrected chi connectivity index (χ4v) is 2.26. The number of nitrogens with zero attached hydrogens (tertiary/aromatic N) is 1. The van der Waals surface area contributed by atoms with Crippen LogP contribution in [0.3, 0.4) is 0 Å². The van der Waals surface area contributed by atoms with Gasteiger partial charge in [-0.25, -0.2) is 0 Å². The number of rotatable bonds is 5. The minimum atomic E-state index is 0.672. The van der Waals surface area contributed by atoms with E-state index >= 15 is 0 Å². The van der Waals surface area contributed by atoms with E-state index in [0.29, 0.717) is 5.92 Å². The van der Waals surface area contributed by atoms with Crippen molar-refractivity contribution >= 4 is 11.6 Å². The van der Waals surface area contributed by atoms with Crippen molar-refractivity contribution in [3.05, 3.63) is 29.3 Å². The number of ether oxygens (including phenoxy) is 1. The summed E-state index contributed by atoms with van der Waals surface area (Å²) in [7, 11) is 0. The Hall–Kier alpha value is -0.770. The third kappa shape index (κ3) is 3.87. The standard InChI is InChI=1S/C13H19ClN2O/c14-12-1-3-13(4-2-12)17-8-7-16-6-5-11(9-15)10-16/h1-4,11H,5-10,15H2. The van der Waals surface area contributed by atoms with Crippen molar-refractivity contribution in [1.29, 1.82) is 0 Å². The first kappa shape index (κ1) is 12.7. The van der Waals surface area contributed by atoms with Crippen LogP contribution in [0.15, 0.2) is 24.3 Å². The maximum absolute atomic E-state index is 5.81. The lowest BCUT2D eigenvalue weighted by atomic mass is 10.1. The summed E-state index contributed by atoms with van der Waals surface area (Å²) in [6, 6.07) is 7.48. The van der Waals surface area contributed by atoms with Gasteiger partial charge in [-0.2, -0.15) is 0 Å². The summed E-state index contributed by atoms with van der Waals surface area (Å²) in [6.45, 7) is 4.75. The molecule has 0 amide bonds.